The Kier molecular flexibility index (Phi) is 4.66. The molecule has 0 atom stereocenters. The van der Waals surface area contributed by atoms with Crippen molar-refractivity contribution in [1.82, 2.24) is 10.2 Å². The maximum absolute atomic E-state index is 12.3. The second-order valence-electron chi connectivity index (χ2n) is 5.60. The first-order chi connectivity index (χ1) is 12.8. The first-order valence-electron chi connectivity index (χ1n) is 8.09. The van der Waals surface area contributed by atoms with E-state index in [0.717, 1.165) is 22.0 Å². The number of amides is 1. The molecule has 0 unspecified atom stereocenters. The van der Waals surface area contributed by atoms with E-state index in [4.69, 9.17) is 4.42 Å². The van der Waals surface area contributed by atoms with Crippen molar-refractivity contribution in [3.63, 3.8) is 0 Å². The molecule has 0 fully saturated rings. The topological polar surface area (TPSA) is 68.0 Å². The van der Waals surface area contributed by atoms with Gasteiger partial charge in [-0.05, 0) is 23.6 Å². The Labute approximate surface area is 154 Å². The number of aromatic nitrogens is 2. The molecule has 0 saturated carbocycles. The van der Waals surface area contributed by atoms with Gasteiger partial charge in [0.2, 0.25) is 11.8 Å². The molecular formula is C20H15N3O2S. The Morgan fingerprint density at radius 2 is 1.69 bits per heavy atom. The summed E-state index contributed by atoms with van der Waals surface area (Å²) in [4.78, 5) is 12.3. The highest BCUT2D eigenvalue weighted by molar-refractivity contribution is 7.99. The van der Waals surface area contributed by atoms with Crippen LogP contribution in [0.2, 0.25) is 0 Å². The molecule has 4 aromatic rings. The minimum atomic E-state index is -0.120. The van der Waals surface area contributed by atoms with Gasteiger partial charge < -0.3 is 9.73 Å². The molecule has 128 valence electrons. The zero-order valence-electron chi connectivity index (χ0n) is 13.8. The van der Waals surface area contributed by atoms with Crippen molar-refractivity contribution in [3.05, 3.63) is 72.8 Å². The Hall–Kier alpha value is -3.12. The number of carbonyl (C=O) groups excluding carboxylic acids is 1. The van der Waals surface area contributed by atoms with Crippen LogP contribution in [0.25, 0.3) is 22.2 Å². The molecule has 0 spiro atoms. The van der Waals surface area contributed by atoms with Gasteiger partial charge in [-0.2, -0.15) is 0 Å². The summed E-state index contributed by atoms with van der Waals surface area (Å²) >= 11 is 1.22. The van der Waals surface area contributed by atoms with Gasteiger partial charge in [-0.3, -0.25) is 4.79 Å². The Balaban J connectivity index is 1.41. The maximum Gasteiger partial charge on any atom is 0.277 e. The lowest BCUT2D eigenvalue weighted by molar-refractivity contribution is -0.113. The number of carbonyl (C=O) groups is 1. The number of anilines is 1. The highest BCUT2D eigenvalue weighted by Gasteiger charge is 2.12. The van der Waals surface area contributed by atoms with Gasteiger partial charge in [0.05, 0.1) is 5.75 Å². The summed E-state index contributed by atoms with van der Waals surface area (Å²) in [6.07, 6.45) is 0. The Morgan fingerprint density at radius 1 is 0.923 bits per heavy atom. The lowest BCUT2D eigenvalue weighted by atomic mass is 10.1. The molecule has 0 aliphatic heterocycles. The van der Waals surface area contributed by atoms with Gasteiger partial charge in [0.25, 0.3) is 5.22 Å². The van der Waals surface area contributed by atoms with E-state index in [2.05, 4.69) is 15.5 Å². The van der Waals surface area contributed by atoms with Crippen molar-refractivity contribution in [2.45, 2.75) is 5.22 Å². The highest BCUT2D eigenvalue weighted by atomic mass is 32.2. The van der Waals surface area contributed by atoms with Gasteiger partial charge >= 0.3 is 0 Å². The van der Waals surface area contributed by atoms with Crippen LogP contribution < -0.4 is 5.32 Å². The van der Waals surface area contributed by atoms with Crippen molar-refractivity contribution >= 4 is 34.1 Å². The van der Waals surface area contributed by atoms with E-state index in [9.17, 15) is 4.79 Å². The third-order valence-corrected chi connectivity index (χ3v) is 4.64. The summed E-state index contributed by atoms with van der Waals surface area (Å²) in [5.41, 5.74) is 1.65. The fourth-order valence-electron chi connectivity index (χ4n) is 2.61. The average Bonchev–Trinajstić information content (AvgIpc) is 3.17. The van der Waals surface area contributed by atoms with E-state index in [-0.39, 0.29) is 11.7 Å². The molecule has 1 N–H and O–H groups in total. The minimum Gasteiger partial charge on any atom is -0.411 e. The fourth-order valence-corrected chi connectivity index (χ4v) is 3.18. The molecule has 3 aromatic carbocycles. The van der Waals surface area contributed by atoms with E-state index >= 15 is 0 Å². The van der Waals surface area contributed by atoms with E-state index in [1.54, 1.807) is 0 Å². The first kappa shape index (κ1) is 16.4. The Morgan fingerprint density at radius 3 is 2.58 bits per heavy atom. The van der Waals surface area contributed by atoms with E-state index in [1.165, 1.54) is 11.8 Å². The molecule has 0 bridgehead atoms. The van der Waals surface area contributed by atoms with Crippen molar-refractivity contribution in [1.29, 1.82) is 0 Å². The van der Waals surface area contributed by atoms with Crippen molar-refractivity contribution in [2.24, 2.45) is 0 Å². The lowest BCUT2D eigenvalue weighted by Crippen LogP contribution is -2.14. The van der Waals surface area contributed by atoms with Crippen LogP contribution in [0.1, 0.15) is 0 Å². The van der Waals surface area contributed by atoms with Crippen LogP contribution in [-0.4, -0.2) is 21.9 Å². The summed E-state index contributed by atoms with van der Waals surface area (Å²) < 4.78 is 5.60. The van der Waals surface area contributed by atoms with Crippen LogP contribution in [0.5, 0.6) is 0 Å². The minimum absolute atomic E-state index is 0.120. The van der Waals surface area contributed by atoms with Gasteiger partial charge in [-0.25, -0.2) is 0 Å². The van der Waals surface area contributed by atoms with Crippen LogP contribution in [0.4, 0.5) is 5.69 Å². The van der Waals surface area contributed by atoms with Crippen molar-refractivity contribution in [3.8, 4) is 11.5 Å². The van der Waals surface area contributed by atoms with E-state index in [0.29, 0.717) is 11.1 Å². The second-order valence-corrected chi connectivity index (χ2v) is 6.53. The SMILES string of the molecule is O=C(CSc1nnc(-c2ccccc2)o1)Nc1cccc2ccccc12. The predicted molar refractivity (Wildman–Crippen MR) is 103 cm³/mol. The van der Waals surface area contributed by atoms with E-state index in [1.807, 2.05) is 72.8 Å². The molecule has 5 nitrogen and oxygen atoms in total. The average molecular weight is 361 g/mol. The van der Waals surface area contributed by atoms with Gasteiger partial charge in [0, 0.05) is 16.6 Å². The molecule has 0 aliphatic rings. The van der Waals surface area contributed by atoms with Gasteiger partial charge in [-0.1, -0.05) is 66.4 Å². The third kappa shape index (κ3) is 3.60. The molecule has 0 saturated heterocycles. The summed E-state index contributed by atoms with van der Waals surface area (Å²) in [6.45, 7) is 0. The largest absolute Gasteiger partial charge is 0.411 e. The zero-order valence-corrected chi connectivity index (χ0v) is 14.6. The highest BCUT2D eigenvalue weighted by Crippen LogP contribution is 2.25. The second kappa shape index (κ2) is 7.41. The van der Waals surface area contributed by atoms with Crippen LogP contribution in [0.15, 0.2) is 82.4 Å². The normalized spacial score (nSPS) is 10.8. The zero-order chi connectivity index (χ0) is 17.8. The molecule has 6 heteroatoms. The summed E-state index contributed by atoms with van der Waals surface area (Å²) in [5, 5.41) is 13.4. The van der Waals surface area contributed by atoms with Gasteiger partial charge in [0.1, 0.15) is 0 Å². The van der Waals surface area contributed by atoms with Crippen molar-refractivity contribution in [2.75, 3.05) is 11.1 Å². The number of nitrogens with zero attached hydrogens (tertiary/aromatic N) is 2. The fraction of sp³-hybridized carbons (Fsp3) is 0.0500. The van der Waals surface area contributed by atoms with Crippen molar-refractivity contribution < 1.29 is 9.21 Å². The molecule has 1 aromatic heterocycles. The monoisotopic (exact) mass is 361 g/mol. The van der Waals surface area contributed by atoms with E-state index < -0.39 is 0 Å². The number of rotatable bonds is 5. The molecule has 1 heterocycles. The molecule has 0 aliphatic carbocycles. The standard InChI is InChI=1S/C20H15N3O2S/c24-18(21-17-12-6-10-14-7-4-5-11-16(14)17)13-26-20-23-22-19(25-20)15-8-2-1-3-9-15/h1-12H,13H2,(H,21,24). The lowest BCUT2D eigenvalue weighted by Gasteiger charge is -2.07. The van der Waals surface area contributed by atoms with Gasteiger partial charge in [-0.15, -0.1) is 10.2 Å². The number of thioether (sulfide) groups is 1. The molecule has 1 amide bonds. The van der Waals surface area contributed by atoms with Crippen LogP contribution in [-0.2, 0) is 4.79 Å². The third-order valence-electron chi connectivity index (χ3n) is 3.82. The summed E-state index contributed by atoms with van der Waals surface area (Å²) in [5.74, 6) is 0.521. The van der Waals surface area contributed by atoms with Crippen LogP contribution in [0, 0.1) is 0 Å². The van der Waals surface area contributed by atoms with Gasteiger partial charge in [0.15, 0.2) is 0 Å². The molecular weight excluding hydrogens is 346 g/mol. The maximum atomic E-state index is 12.3. The summed E-state index contributed by atoms with van der Waals surface area (Å²) in [6, 6.07) is 23.3. The smallest absolute Gasteiger partial charge is 0.277 e. The van der Waals surface area contributed by atoms with Crippen LogP contribution in [0.3, 0.4) is 0 Å². The molecule has 4 rings (SSSR count). The summed E-state index contributed by atoms with van der Waals surface area (Å²) in [7, 11) is 0. The molecule has 26 heavy (non-hydrogen) atoms. The quantitative estimate of drug-likeness (QED) is 0.525. The first-order valence-corrected chi connectivity index (χ1v) is 9.07. The number of hydrogen-bond donors (Lipinski definition) is 1. The number of nitrogens with one attached hydrogen (secondary N) is 1. The Bertz CT molecular complexity index is 1040. The number of benzene rings is 3. The molecule has 0 radical (unpaired) electrons. The number of fused-ring (bicyclic) bond motifs is 1. The predicted octanol–water partition coefficient (Wildman–Crippen LogP) is 4.62. The van der Waals surface area contributed by atoms with Crippen LogP contribution >= 0.6 is 11.8 Å². The number of hydrogen-bond acceptors (Lipinski definition) is 5.